The Morgan fingerprint density at radius 3 is 2.96 bits per heavy atom. The fourth-order valence-corrected chi connectivity index (χ4v) is 4.11. The Morgan fingerprint density at radius 2 is 2.22 bits per heavy atom. The van der Waals surface area contributed by atoms with Crippen LogP contribution in [0.1, 0.15) is 22.1 Å². The normalized spacial score (nSPS) is 16.7. The van der Waals surface area contributed by atoms with Crippen LogP contribution in [0.2, 0.25) is 0 Å². The average molecular weight is 330 g/mol. The summed E-state index contributed by atoms with van der Waals surface area (Å²) in [5.74, 6) is 1.95. The van der Waals surface area contributed by atoms with Gasteiger partial charge in [0.25, 0.3) is 0 Å². The Balaban J connectivity index is 1.69. The molecular weight excluding hydrogens is 308 g/mol. The highest BCUT2D eigenvalue weighted by atomic mass is 32.2. The van der Waals surface area contributed by atoms with Crippen LogP contribution in [0.3, 0.4) is 0 Å². The summed E-state index contributed by atoms with van der Waals surface area (Å²) in [6.45, 7) is 0.495. The number of amides is 1. The fourth-order valence-electron chi connectivity index (χ4n) is 2.90. The van der Waals surface area contributed by atoms with E-state index >= 15 is 0 Å². The van der Waals surface area contributed by atoms with Crippen molar-refractivity contribution >= 4 is 23.6 Å². The maximum absolute atomic E-state index is 12.6. The van der Waals surface area contributed by atoms with Gasteiger partial charge in [-0.15, -0.1) is 11.8 Å². The summed E-state index contributed by atoms with van der Waals surface area (Å²) < 4.78 is 2.00. The minimum Gasteiger partial charge on any atom is -0.349 e. The van der Waals surface area contributed by atoms with Crippen LogP contribution in [-0.2, 0) is 24.8 Å². The zero-order valence-corrected chi connectivity index (χ0v) is 14.6. The van der Waals surface area contributed by atoms with Crippen LogP contribution in [-0.4, -0.2) is 35.3 Å². The summed E-state index contributed by atoms with van der Waals surface area (Å²) >= 11 is 1.72. The van der Waals surface area contributed by atoms with Crippen LogP contribution in [0.25, 0.3) is 0 Å². The van der Waals surface area contributed by atoms with Crippen molar-refractivity contribution in [3.05, 3.63) is 47.3 Å². The maximum Gasteiger partial charge on any atom is 0.237 e. The molecule has 5 nitrogen and oxygen atoms in total. The second-order valence-electron chi connectivity index (χ2n) is 5.92. The smallest absolute Gasteiger partial charge is 0.237 e. The summed E-state index contributed by atoms with van der Waals surface area (Å²) in [7, 11) is 5.88. The van der Waals surface area contributed by atoms with Crippen molar-refractivity contribution in [2.75, 3.05) is 24.7 Å². The topological polar surface area (TPSA) is 50.2 Å². The van der Waals surface area contributed by atoms with E-state index in [1.54, 1.807) is 11.8 Å². The van der Waals surface area contributed by atoms with Gasteiger partial charge in [-0.1, -0.05) is 24.3 Å². The highest BCUT2D eigenvalue weighted by Gasteiger charge is 2.26. The molecule has 0 fully saturated rings. The van der Waals surface area contributed by atoms with Crippen molar-refractivity contribution in [3.63, 3.8) is 0 Å². The summed E-state index contributed by atoms with van der Waals surface area (Å²) in [5.41, 5.74) is 3.44. The van der Waals surface area contributed by atoms with Gasteiger partial charge in [-0.2, -0.15) is 0 Å². The molecule has 1 atom stereocenters. The molecule has 1 amide bonds. The molecule has 0 aliphatic carbocycles. The quantitative estimate of drug-likeness (QED) is 0.933. The Hall–Kier alpha value is -1.95. The van der Waals surface area contributed by atoms with Gasteiger partial charge in [-0.05, 0) is 23.3 Å². The van der Waals surface area contributed by atoms with Crippen LogP contribution < -0.4 is 10.2 Å². The molecule has 1 aliphatic heterocycles. The van der Waals surface area contributed by atoms with E-state index in [1.807, 2.05) is 48.9 Å². The molecule has 1 aromatic carbocycles. The van der Waals surface area contributed by atoms with Gasteiger partial charge in [0.2, 0.25) is 11.9 Å². The van der Waals surface area contributed by atoms with E-state index in [-0.39, 0.29) is 11.2 Å². The number of carbonyl (C=O) groups excluding carboxylic acids is 1. The summed E-state index contributed by atoms with van der Waals surface area (Å²) in [4.78, 5) is 18.9. The van der Waals surface area contributed by atoms with Gasteiger partial charge < -0.3 is 14.8 Å². The lowest BCUT2D eigenvalue weighted by Gasteiger charge is -2.24. The van der Waals surface area contributed by atoms with E-state index in [1.165, 1.54) is 5.56 Å². The molecule has 0 spiro atoms. The number of nitrogens with zero attached hydrogens (tertiary/aromatic N) is 3. The van der Waals surface area contributed by atoms with E-state index in [4.69, 9.17) is 0 Å². The highest BCUT2D eigenvalue weighted by molar-refractivity contribution is 8.00. The highest BCUT2D eigenvalue weighted by Crippen LogP contribution is 2.36. The number of imidazole rings is 1. The Bertz CT molecular complexity index is 710. The number of aromatic nitrogens is 2. The van der Waals surface area contributed by atoms with Crippen molar-refractivity contribution in [2.45, 2.75) is 18.2 Å². The molecule has 23 heavy (non-hydrogen) atoms. The van der Waals surface area contributed by atoms with Crippen LogP contribution in [0.15, 0.2) is 30.5 Å². The second-order valence-corrected chi connectivity index (χ2v) is 7.13. The van der Waals surface area contributed by atoms with Crippen LogP contribution >= 0.6 is 11.8 Å². The summed E-state index contributed by atoms with van der Waals surface area (Å²) in [5, 5.41) is 2.95. The number of nitrogens with one attached hydrogen (secondary N) is 1. The van der Waals surface area contributed by atoms with Gasteiger partial charge >= 0.3 is 0 Å². The zero-order valence-electron chi connectivity index (χ0n) is 13.7. The molecule has 1 unspecified atom stereocenters. The third-order valence-corrected chi connectivity index (χ3v) is 5.38. The van der Waals surface area contributed by atoms with Crippen LogP contribution in [0, 0.1) is 0 Å². The number of thioether (sulfide) groups is 1. The first-order valence-corrected chi connectivity index (χ1v) is 8.78. The third-order valence-electron chi connectivity index (χ3n) is 4.14. The molecule has 0 bridgehead atoms. The van der Waals surface area contributed by atoms with E-state index in [2.05, 4.69) is 22.4 Å². The summed E-state index contributed by atoms with van der Waals surface area (Å²) in [6, 6.07) is 8.25. The number of fused-ring (bicyclic) bond motifs is 1. The first-order valence-electron chi connectivity index (χ1n) is 7.73. The molecule has 1 aromatic heterocycles. The lowest BCUT2D eigenvalue weighted by molar-refractivity contribution is -0.120. The van der Waals surface area contributed by atoms with Gasteiger partial charge in [-0.25, -0.2) is 4.98 Å². The molecule has 0 saturated heterocycles. The predicted octanol–water partition coefficient (Wildman–Crippen LogP) is 2.13. The molecule has 0 saturated carbocycles. The predicted molar refractivity (Wildman–Crippen MR) is 94.7 cm³/mol. The minimum absolute atomic E-state index is 0.0785. The van der Waals surface area contributed by atoms with Gasteiger partial charge in [0.15, 0.2) is 0 Å². The lowest BCUT2D eigenvalue weighted by atomic mass is 10.0. The fraction of sp³-hybridized carbons (Fsp3) is 0.412. The number of hydrogen-bond acceptors (Lipinski definition) is 4. The average Bonchev–Trinajstić information content (AvgIpc) is 2.93. The first kappa shape index (κ1) is 15.9. The largest absolute Gasteiger partial charge is 0.349 e. The molecule has 1 aliphatic rings. The molecule has 6 heteroatoms. The van der Waals surface area contributed by atoms with Gasteiger partial charge in [0, 0.05) is 21.1 Å². The molecule has 122 valence electrons. The number of carbonyl (C=O) groups is 1. The van der Waals surface area contributed by atoms with Crippen molar-refractivity contribution < 1.29 is 4.79 Å². The number of anilines is 1. The van der Waals surface area contributed by atoms with Crippen molar-refractivity contribution in [1.29, 1.82) is 0 Å². The SMILES string of the molecule is CN(C)c1ncc(CNC(=O)C2SCCc3ccccc32)n1C. The molecule has 1 N–H and O–H groups in total. The van der Waals surface area contributed by atoms with Crippen LogP contribution in [0.4, 0.5) is 5.95 Å². The van der Waals surface area contributed by atoms with E-state index in [9.17, 15) is 4.79 Å². The van der Waals surface area contributed by atoms with E-state index in [0.717, 1.165) is 29.4 Å². The zero-order chi connectivity index (χ0) is 16.4. The third kappa shape index (κ3) is 3.22. The Labute approximate surface area is 141 Å². The number of hydrogen-bond donors (Lipinski definition) is 1. The van der Waals surface area contributed by atoms with Crippen molar-refractivity contribution in [2.24, 2.45) is 7.05 Å². The van der Waals surface area contributed by atoms with Gasteiger partial charge in [0.05, 0.1) is 18.4 Å². The van der Waals surface area contributed by atoms with Crippen molar-refractivity contribution in [3.8, 4) is 0 Å². The monoisotopic (exact) mass is 330 g/mol. The minimum atomic E-state index is -0.110. The summed E-state index contributed by atoms with van der Waals surface area (Å²) in [6.07, 6.45) is 2.86. The van der Waals surface area contributed by atoms with Gasteiger partial charge in [-0.3, -0.25) is 4.79 Å². The van der Waals surface area contributed by atoms with E-state index < -0.39 is 0 Å². The maximum atomic E-state index is 12.6. The Kier molecular flexibility index (Phi) is 4.61. The molecule has 3 rings (SSSR count). The number of rotatable bonds is 4. The molecule has 0 radical (unpaired) electrons. The number of aryl methyl sites for hydroxylation is 1. The second kappa shape index (κ2) is 6.66. The Morgan fingerprint density at radius 1 is 1.43 bits per heavy atom. The van der Waals surface area contributed by atoms with E-state index in [0.29, 0.717) is 6.54 Å². The van der Waals surface area contributed by atoms with Crippen LogP contribution in [0.5, 0.6) is 0 Å². The molecule has 2 heterocycles. The first-order chi connectivity index (χ1) is 11.1. The lowest BCUT2D eigenvalue weighted by Crippen LogP contribution is -2.30. The molecular formula is C17H22N4OS. The number of benzene rings is 1. The molecule has 2 aromatic rings. The van der Waals surface area contributed by atoms with Crippen molar-refractivity contribution in [1.82, 2.24) is 14.9 Å². The van der Waals surface area contributed by atoms with Gasteiger partial charge in [0.1, 0.15) is 5.25 Å². The standard InChI is InChI=1S/C17H22N4OS/c1-20(2)17-19-11-13(21(17)3)10-18-16(22)15-14-7-5-4-6-12(14)8-9-23-15/h4-7,11,15H,8-10H2,1-3H3,(H,18,22).